The standard InChI is InChI=1S/C9H11NO2.C8H15N3O4/c10-8(9(11)12)6-7-4-2-1-3-5-7;1-4(9)7(13)11-5(8(14)15)2-3-6(10)12/h1-5,8H,6,10H2,(H,11,12);4-5H,2-3,9H2,1H3,(H2,10,12)(H,11,13)(H,14,15)/t8-;4-,5-/m00/s1. The van der Waals surface area contributed by atoms with E-state index in [0.29, 0.717) is 6.42 Å². The molecule has 3 atom stereocenters. The van der Waals surface area contributed by atoms with Crippen molar-refractivity contribution < 1.29 is 29.4 Å². The predicted octanol–water partition coefficient (Wildman–Crippen LogP) is -1.19. The normalized spacial score (nSPS) is 13.3. The van der Waals surface area contributed by atoms with E-state index < -0.39 is 41.9 Å². The smallest absolute Gasteiger partial charge is 0.326 e. The highest BCUT2D eigenvalue weighted by atomic mass is 16.4. The van der Waals surface area contributed by atoms with Gasteiger partial charge in [0.15, 0.2) is 0 Å². The molecule has 1 aromatic carbocycles. The molecule has 0 heterocycles. The van der Waals surface area contributed by atoms with Gasteiger partial charge in [-0.25, -0.2) is 4.79 Å². The topological polar surface area (TPSA) is 199 Å². The zero-order valence-corrected chi connectivity index (χ0v) is 15.0. The first-order chi connectivity index (χ1) is 12.5. The first-order valence-corrected chi connectivity index (χ1v) is 8.14. The monoisotopic (exact) mass is 382 g/mol. The van der Waals surface area contributed by atoms with Gasteiger partial charge >= 0.3 is 11.9 Å². The molecule has 0 fully saturated rings. The van der Waals surface area contributed by atoms with Crippen LogP contribution in [-0.2, 0) is 25.6 Å². The fraction of sp³-hybridized carbons (Fsp3) is 0.412. The summed E-state index contributed by atoms with van der Waals surface area (Å²) < 4.78 is 0. The first kappa shape index (κ1) is 24.0. The number of nitrogens with two attached hydrogens (primary N) is 3. The number of carboxylic acid groups (broad SMARTS) is 2. The number of benzene rings is 1. The Morgan fingerprint density at radius 3 is 2.00 bits per heavy atom. The van der Waals surface area contributed by atoms with Gasteiger partial charge in [-0.2, -0.15) is 0 Å². The third-order valence-electron chi connectivity index (χ3n) is 3.32. The van der Waals surface area contributed by atoms with E-state index in [1.165, 1.54) is 6.92 Å². The summed E-state index contributed by atoms with van der Waals surface area (Å²) in [6, 6.07) is 6.62. The highest BCUT2D eigenvalue weighted by Gasteiger charge is 2.21. The Hall–Kier alpha value is -2.98. The number of amides is 2. The zero-order valence-electron chi connectivity index (χ0n) is 15.0. The van der Waals surface area contributed by atoms with E-state index in [1.54, 1.807) is 0 Å². The van der Waals surface area contributed by atoms with Crippen LogP contribution in [0.15, 0.2) is 30.3 Å². The summed E-state index contributed by atoms with van der Waals surface area (Å²) in [5.41, 5.74) is 16.4. The molecular weight excluding hydrogens is 356 g/mol. The van der Waals surface area contributed by atoms with Crippen LogP contribution in [0.2, 0.25) is 0 Å². The zero-order chi connectivity index (χ0) is 21.0. The van der Waals surface area contributed by atoms with E-state index in [4.69, 9.17) is 27.4 Å². The lowest BCUT2D eigenvalue weighted by Crippen LogP contribution is -2.47. The molecule has 1 aromatic rings. The van der Waals surface area contributed by atoms with Crippen molar-refractivity contribution >= 4 is 23.8 Å². The molecule has 0 unspecified atom stereocenters. The van der Waals surface area contributed by atoms with Gasteiger partial charge in [0.1, 0.15) is 12.1 Å². The molecule has 0 aliphatic rings. The lowest BCUT2D eigenvalue weighted by atomic mass is 10.1. The summed E-state index contributed by atoms with van der Waals surface area (Å²) in [6.07, 6.45) is 0.246. The van der Waals surface area contributed by atoms with Gasteiger partial charge in [0.2, 0.25) is 11.8 Å². The summed E-state index contributed by atoms with van der Waals surface area (Å²) in [7, 11) is 0. The van der Waals surface area contributed by atoms with Crippen LogP contribution in [0.25, 0.3) is 0 Å². The highest BCUT2D eigenvalue weighted by molar-refractivity contribution is 5.86. The Kier molecular flexibility index (Phi) is 11.0. The number of hydrogen-bond donors (Lipinski definition) is 6. The van der Waals surface area contributed by atoms with Crippen molar-refractivity contribution in [2.45, 2.75) is 44.3 Å². The summed E-state index contributed by atoms with van der Waals surface area (Å²) in [5, 5.41) is 19.4. The third-order valence-corrected chi connectivity index (χ3v) is 3.32. The fourth-order valence-electron chi connectivity index (χ4n) is 1.80. The van der Waals surface area contributed by atoms with Gasteiger partial charge in [-0.15, -0.1) is 0 Å². The first-order valence-electron chi connectivity index (χ1n) is 8.14. The van der Waals surface area contributed by atoms with Gasteiger partial charge in [0, 0.05) is 6.42 Å². The van der Waals surface area contributed by atoms with Crippen molar-refractivity contribution in [1.82, 2.24) is 5.32 Å². The van der Waals surface area contributed by atoms with E-state index >= 15 is 0 Å². The van der Waals surface area contributed by atoms with Crippen LogP contribution < -0.4 is 22.5 Å². The maximum absolute atomic E-state index is 11.1. The largest absolute Gasteiger partial charge is 0.480 e. The lowest BCUT2D eigenvalue weighted by molar-refractivity contribution is -0.142. The maximum atomic E-state index is 11.1. The number of rotatable bonds is 9. The van der Waals surface area contributed by atoms with Gasteiger partial charge < -0.3 is 32.7 Å². The second-order valence-corrected chi connectivity index (χ2v) is 5.83. The van der Waals surface area contributed by atoms with Crippen molar-refractivity contribution in [2.75, 3.05) is 0 Å². The predicted molar refractivity (Wildman–Crippen MR) is 97.4 cm³/mol. The number of carbonyl (C=O) groups excluding carboxylic acids is 2. The minimum Gasteiger partial charge on any atom is -0.480 e. The van der Waals surface area contributed by atoms with E-state index in [0.717, 1.165) is 5.56 Å². The molecule has 0 aliphatic heterocycles. The van der Waals surface area contributed by atoms with Crippen molar-refractivity contribution in [3.05, 3.63) is 35.9 Å². The van der Waals surface area contributed by atoms with E-state index in [-0.39, 0.29) is 12.8 Å². The van der Waals surface area contributed by atoms with E-state index in [2.05, 4.69) is 5.32 Å². The molecule has 2 amide bonds. The van der Waals surface area contributed by atoms with Crippen molar-refractivity contribution in [1.29, 1.82) is 0 Å². The molecule has 0 bridgehead atoms. The van der Waals surface area contributed by atoms with Crippen LogP contribution >= 0.6 is 0 Å². The molecule has 150 valence electrons. The number of carboxylic acids is 2. The van der Waals surface area contributed by atoms with Crippen LogP contribution in [0.1, 0.15) is 25.3 Å². The van der Waals surface area contributed by atoms with Gasteiger partial charge in [0.25, 0.3) is 0 Å². The fourth-order valence-corrected chi connectivity index (χ4v) is 1.80. The summed E-state index contributed by atoms with van der Waals surface area (Å²) >= 11 is 0. The number of nitrogens with one attached hydrogen (secondary N) is 1. The second kappa shape index (κ2) is 12.4. The van der Waals surface area contributed by atoms with E-state index in [9.17, 15) is 19.2 Å². The Morgan fingerprint density at radius 1 is 1.04 bits per heavy atom. The molecule has 0 saturated heterocycles. The average molecular weight is 382 g/mol. The minimum atomic E-state index is -1.22. The van der Waals surface area contributed by atoms with Crippen LogP contribution in [0.4, 0.5) is 0 Å². The van der Waals surface area contributed by atoms with Gasteiger partial charge in [-0.05, 0) is 25.3 Å². The van der Waals surface area contributed by atoms with Crippen molar-refractivity contribution in [3.8, 4) is 0 Å². The molecule has 0 aromatic heterocycles. The number of carbonyl (C=O) groups is 4. The molecule has 9 N–H and O–H groups in total. The third kappa shape index (κ3) is 11.3. The van der Waals surface area contributed by atoms with E-state index in [1.807, 2.05) is 30.3 Å². The molecule has 0 aliphatic carbocycles. The SMILES string of the molecule is C[C@H](N)C(=O)N[C@@H](CCC(N)=O)C(=O)O.N[C@@H](Cc1ccccc1)C(=O)O. The Morgan fingerprint density at radius 2 is 1.59 bits per heavy atom. The molecule has 0 saturated carbocycles. The Balaban J connectivity index is 0.000000511. The average Bonchev–Trinajstić information content (AvgIpc) is 2.59. The van der Waals surface area contributed by atoms with Crippen LogP contribution in [-0.4, -0.2) is 52.1 Å². The molecule has 0 radical (unpaired) electrons. The van der Waals surface area contributed by atoms with Gasteiger partial charge in [-0.1, -0.05) is 30.3 Å². The molecule has 27 heavy (non-hydrogen) atoms. The van der Waals surface area contributed by atoms with Crippen LogP contribution in [0.5, 0.6) is 0 Å². The summed E-state index contributed by atoms with van der Waals surface area (Å²) in [6.45, 7) is 1.43. The molecule has 10 heteroatoms. The second-order valence-electron chi connectivity index (χ2n) is 5.83. The van der Waals surface area contributed by atoms with Gasteiger partial charge in [-0.3, -0.25) is 14.4 Å². The maximum Gasteiger partial charge on any atom is 0.326 e. The Labute approximate surface area is 156 Å². The highest BCUT2D eigenvalue weighted by Crippen LogP contribution is 2.01. The van der Waals surface area contributed by atoms with Crippen molar-refractivity contribution in [3.63, 3.8) is 0 Å². The quantitative estimate of drug-likeness (QED) is 0.306. The number of primary amides is 1. The molecule has 0 spiro atoms. The van der Waals surface area contributed by atoms with Crippen LogP contribution in [0.3, 0.4) is 0 Å². The number of hydrogen-bond acceptors (Lipinski definition) is 6. The molecule has 1 rings (SSSR count). The summed E-state index contributed by atoms with van der Waals surface area (Å²) in [4.78, 5) is 42.6. The Bertz CT molecular complexity index is 636. The summed E-state index contributed by atoms with van der Waals surface area (Å²) in [5.74, 6) is -3.37. The van der Waals surface area contributed by atoms with Gasteiger partial charge in [0.05, 0.1) is 6.04 Å². The molecular formula is C17H26N4O6. The molecule has 10 nitrogen and oxygen atoms in total. The lowest BCUT2D eigenvalue weighted by Gasteiger charge is -2.14. The minimum absolute atomic E-state index is 0.0386. The van der Waals surface area contributed by atoms with Crippen molar-refractivity contribution in [2.24, 2.45) is 17.2 Å². The van der Waals surface area contributed by atoms with Crippen LogP contribution in [0, 0.1) is 0 Å². The number of aliphatic carboxylic acids is 2.